The Hall–Kier alpha value is -2.12. The number of carbonyl (C=O) groups excluding carboxylic acids is 2. The van der Waals surface area contributed by atoms with Gasteiger partial charge in [-0.2, -0.15) is 0 Å². The van der Waals surface area contributed by atoms with Crippen LogP contribution in [0.25, 0.3) is 0 Å². The summed E-state index contributed by atoms with van der Waals surface area (Å²) in [5.74, 6) is 0.0481. The Morgan fingerprint density at radius 2 is 2.00 bits per heavy atom. The Morgan fingerprint density at radius 1 is 1.28 bits per heavy atom. The summed E-state index contributed by atoms with van der Waals surface area (Å²) in [6.07, 6.45) is 0.343. The molecular formula is C18H27N4O3+. The quantitative estimate of drug-likeness (QED) is 0.660. The van der Waals surface area contributed by atoms with E-state index < -0.39 is 0 Å². The van der Waals surface area contributed by atoms with E-state index in [9.17, 15) is 9.59 Å². The van der Waals surface area contributed by atoms with Crippen molar-refractivity contribution >= 4 is 17.6 Å². The number of hydrogen-bond acceptors (Lipinski definition) is 3. The maximum Gasteiger partial charge on any atom is 0.315 e. The number of nitrogens with one attached hydrogen (secondary N) is 3. The first-order valence-electron chi connectivity index (χ1n) is 8.94. The molecule has 2 fully saturated rings. The summed E-state index contributed by atoms with van der Waals surface area (Å²) >= 11 is 0. The summed E-state index contributed by atoms with van der Waals surface area (Å²) in [5.41, 5.74) is 2.04. The van der Waals surface area contributed by atoms with Gasteiger partial charge >= 0.3 is 6.03 Å². The van der Waals surface area contributed by atoms with Gasteiger partial charge in [-0.3, -0.25) is 4.79 Å². The summed E-state index contributed by atoms with van der Waals surface area (Å²) < 4.78 is 5.32. The van der Waals surface area contributed by atoms with E-state index in [1.165, 1.54) is 4.90 Å². The number of amides is 3. The topological polar surface area (TPSA) is 75.1 Å². The van der Waals surface area contributed by atoms with E-state index in [1.807, 2.05) is 31.2 Å². The number of quaternary nitrogens is 1. The number of anilines is 1. The van der Waals surface area contributed by atoms with Crippen LogP contribution in [0.2, 0.25) is 0 Å². The molecule has 2 heterocycles. The number of benzene rings is 1. The van der Waals surface area contributed by atoms with Crippen molar-refractivity contribution in [3.63, 3.8) is 0 Å². The lowest BCUT2D eigenvalue weighted by atomic mass is 10.2. The van der Waals surface area contributed by atoms with Crippen molar-refractivity contribution in [3.05, 3.63) is 29.8 Å². The van der Waals surface area contributed by atoms with Gasteiger partial charge in [-0.1, -0.05) is 17.7 Å². The third-order valence-electron chi connectivity index (χ3n) is 4.77. The van der Waals surface area contributed by atoms with E-state index in [1.54, 1.807) is 4.90 Å². The van der Waals surface area contributed by atoms with Gasteiger partial charge in [0.15, 0.2) is 0 Å². The van der Waals surface area contributed by atoms with Crippen LogP contribution in [-0.4, -0.2) is 63.9 Å². The van der Waals surface area contributed by atoms with Gasteiger partial charge in [-0.25, -0.2) is 4.79 Å². The van der Waals surface area contributed by atoms with Gasteiger partial charge in [-0.05, 0) is 19.1 Å². The number of morpholine rings is 1. The molecule has 0 aromatic heterocycles. The minimum absolute atomic E-state index is 0.0481. The fraction of sp³-hybridized carbons (Fsp3) is 0.556. The van der Waals surface area contributed by atoms with Gasteiger partial charge in [0.1, 0.15) is 13.1 Å². The van der Waals surface area contributed by atoms with Crippen LogP contribution in [0.1, 0.15) is 12.0 Å². The Morgan fingerprint density at radius 3 is 2.72 bits per heavy atom. The molecule has 7 nitrogen and oxygen atoms in total. The van der Waals surface area contributed by atoms with Crippen LogP contribution < -0.4 is 20.4 Å². The van der Waals surface area contributed by atoms with E-state index in [4.69, 9.17) is 4.74 Å². The molecule has 1 aromatic rings. The van der Waals surface area contributed by atoms with Crippen LogP contribution in [0.4, 0.5) is 10.5 Å². The lowest BCUT2D eigenvalue weighted by Gasteiger charge is -2.23. The lowest BCUT2D eigenvalue weighted by molar-refractivity contribution is -0.906. The molecule has 1 aromatic carbocycles. The molecule has 1 atom stereocenters. The second-order valence-electron chi connectivity index (χ2n) is 6.75. The highest BCUT2D eigenvalue weighted by Crippen LogP contribution is 2.21. The first-order chi connectivity index (χ1) is 12.1. The second kappa shape index (κ2) is 8.31. The van der Waals surface area contributed by atoms with Crippen molar-refractivity contribution in [2.75, 3.05) is 50.8 Å². The highest BCUT2D eigenvalue weighted by molar-refractivity contribution is 5.96. The van der Waals surface area contributed by atoms with Crippen molar-refractivity contribution in [3.8, 4) is 0 Å². The van der Waals surface area contributed by atoms with Gasteiger partial charge in [0.05, 0.1) is 32.3 Å². The van der Waals surface area contributed by atoms with Crippen molar-refractivity contribution in [1.29, 1.82) is 0 Å². The maximum atomic E-state index is 12.2. The fourth-order valence-electron chi connectivity index (χ4n) is 3.28. The van der Waals surface area contributed by atoms with Gasteiger partial charge in [0, 0.05) is 18.7 Å². The minimum atomic E-state index is -0.198. The molecule has 2 aliphatic heterocycles. The SMILES string of the molecule is Cc1ccc(N2C[C@H](NC(=O)NCC[NH+]3CCOCC3)CC2=O)cc1. The molecule has 3 rings (SSSR count). The maximum absolute atomic E-state index is 12.2. The molecular weight excluding hydrogens is 320 g/mol. The lowest BCUT2D eigenvalue weighted by Crippen LogP contribution is -3.14. The molecule has 2 saturated heterocycles. The molecule has 0 aliphatic carbocycles. The molecule has 0 bridgehead atoms. The predicted molar refractivity (Wildman–Crippen MR) is 94.9 cm³/mol. The monoisotopic (exact) mass is 347 g/mol. The Labute approximate surface area is 148 Å². The summed E-state index contributed by atoms with van der Waals surface area (Å²) in [6.45, 7) is 7.63. The van der Waals surface area contributed by atoms with Gasteiger partial charge < -0.3 is 25.2 Å². The first kappa shape index (κ1) is 17.7. The third kappa shape index (κ3) is 4.93. The molecule has 0 radical (unpaired) electrons. The second-order valence-corrected chi connectivity index (χ2v) is 6.75. The number of ether oxygens (including phenoxy) is 1. The fourth-order valence-corrected chi connectivity index (χ4v) is 3.28. The average Bonchev–Trinajstić information content (AvgIpc) is 2.96. The predicted octanol–water partition coefficient (Wildman–Crippen LogP) is -0.685. The van der Waals surface area contributed by atoms with E-state index in [0.717, 1.165) is 44.1 Å². The van der Waals surface area contributed by atoms with E-state index in [2.05, 4.69) is 10.6 Å². The molecule has 2 aliphatic rings. The smallest absolute Gasteiger partial charge is 0.315 e. The highest BCUT2D eigenvalue weighted by atomic mass is 16.5. The summed E-state index contributed by atoms with van der Waals surface area (Å²) in [4.78, 5) is 27.5. The number of carbonyl (C=O) groups is 2. The standard InChI is InChI=1S/C18H26N4O3/c1-14-2-4-16(5-3-14)22-13-15(12-17(22)23)20-18(24)19-6-7-21-8-10-25-11-9-21/h2-5,15H,6-13H2,1H3,(H2,19,20,24)/p+1/t15-/m1/s1. The van der Waals surface area contributed by atoms with Crippen LogP contribution in [-0.2, 0) is 9.53 Å². The highest BCUT2D eigenvalue weighted by Gasteiger charge is 2.31. The van der Waals surface area contributed by atoms with E-state index in [0.29, 0.717) is 19.5 Å². The molecule has 0 unspecified atom stereocenters. The number of aryl methyl sites for hydroxylation is 1. The van der Waals surface area contributed by atoms with Crippen molar-refractivity contribution in [2.45, 2.75) is 19.4 Å². The zero-order valence-corrected chi connectivity index (χ0v) is 14.7. The molecule has 136 valence electrons. The normalized spacial score (nSPS) is 21.4. The third-order valence-corrected chi connectivity index (χ3v) is 4.77. The van der Waals surface area contributed by atoms with Gasteiger partial charge in [-0.15, -0.1) is 0 Å². The molecule has 3 N–H and O–H groups in total. The van der Waals surface area contributed by atoms with Crippen LogP contribution in [0, 0.1) is 6.92 Å². The Bertz CT molecular complexity index is 599. The molecule has 3 amide bonds. The first-order valence-corrected chi connectivity index (χ1v) is 8.94. The number of hydrogen-bond donors (Lipinski definition) is 3. The van der Waals surface area contributed by atoms with Gasteiger partial charge in [0.25, 0.3) is 0 Å². The molecule has 0 spiro atoms. The van der Waals surface area contributed by atoms with Crippen molar-refractivity contribution in [1.82, 2.24) is 10.6 Å². The zero-order chi connectivity index (χ0) is 17.6. The molecule has 7 heteroatoms. The summed E-state index contributed by atoms with van der Waals surface area (Å²) in [7, 11) is 0. The number of urea groups is 1. The summed E-state index contributed by atoms with van der Waals surface area (Å²) in [5, 5.41) is 5.80. The van der Waals surface area contributed by atoms with Crippen molar-refractivity contribution < 1.29 is 19.2 Å². The van der Waals surface area contributed by atoms with Crippen LogP contribution >= 0.6 is 0 Å². The summed E-state index contributed by atoms with van der Waals surface area (Å²) in [6, 6.07) is 7.52. The average molecular weight is 347 g/mol. The van der Waals surface area contributed by atoms with E-state index >= 15 is 0 Å². The minimum Gasteiger partial charge on any atom is -0.370 e. The number of rotatable bonds is 5. The van der Waals surface area contributed by atoms with Crippen LogP contribution in [0.3, 0.4) is 0 Å². The van der Waals surface area contributed by atoms with Gasteiger partial charge in [0.2, 0.25) is 5.91 Å². The largest absolute Gasteiger partial charge is 0.370 e. The van der Waals surface area contributed by atoms with Crippen LogP contribution in [0.5, 0.6) is 0 Å². The number of nitrogens with zero attached hydrogens (tertiary/aromatic N) is 1. The Balaban J connectivity index is 1.41. The zero-order valence-electron chi connectivity index (χ0n) is 14.7. The van der Waals surface area contributed by atoms with Crippen LogP contribution in [0.15, 0.2) is 24.3 Å². The molecule has 25 heavy (non-hydrogen) atoms. The molecule has 0 saturated carbocycles. The van der Waals surface area contributed by atoms with E-state index in [-0.39, 0.29) is 18.0 Å². The Kier molecular flexibility index (Phi) is 5.88. The van der Waals surface area contributed by atoms with Crippen molar-refractivity contribution in [2.24, 2.45) is 0 Å².